The van der Waals surface area contributed by atoms with Gasteiger partial charge in [0.15, 0.2) is 6.29 Å². The van der Waals surface area contributed by atoms with Gasteiger partial charge in [0.05, 0.1) is 6.10 Å². The Labute approximate surface area is 124 Å². The normalized spacial score (nSPS) is 23.3. The van der Waals surface area contributed by atoms with Crippen molar-refractivity contribution in [1.29, 1.82) is 0 Å². The first-order valence-corrected chi connectivity index (χ1v) is 8.13. The summed E-state index contributed by atoms with van der Waals surface area (Å²) in [5.41, 5.74) is 2.68. The topological polar surface area (TPSA) is 18.5 Å². The average Bonchev–Trinajstić information content (AvgIpc) is 2.72. The van der Waals surface area contributed by atoms with Gasteiger partial charge in [-0.25, -0.2) is 0 Å². The van der Waals surface area contributed by atoms with Crippen LogP contribution in [0.4, 0.5) is 0 Å². The van der Waals surface area contributed by atoms with Gasteiger partial charge >= 0.3 is 0 Å². The van der Waals surface area contributed by atoms with Crippen molar-refractivity contribution in [2.75, 3.05) is 6.61 Å². The van der Waals surface area contributed by atoms with Crippen molar-refractivity contribution in [3.63, 3.8) is 0 Å². The summed E-state index contributed by atoms with van der Waals surface area (Å²) in [5, 5.41) is 0. The van der Waals surface area contributed by atoms with Gasteiger partial charge in [-0.2, -0.15) is 0 Å². The first-order chi connectivity index (χ1) is 9.22. The van der Waals surface area contributed by atoms with Gasteiger partial charge in [0.25, 0.3) is 0 Å². The molecule has 3 unspecified atom stereocenters. The molecule has 1 aliphatic carbocycles. The van der Waals surface area contributed by atoms with Crippen LogP contribution in [0, 0.1) is 0 Å². The molecule has 1 aromatic carbocycles. The molecule has 0 N–H and O–H groups in total. The molecule has 19 heavy (non-hydrogen) atoms. The lowest BCUT2D eigenvalue weighted by molar-refractivity contribution is -0.160. The number of hydrogen-bond acceptors (Lipinski definition) is 2. The maximum Gasteiger partial charge on any atom is 0.155 e. The summed E-state index contributed by atoms with van der Waals surface area (Å²) in [6, 6.07) is 8.50. The average molecular weight is 327 g/mol. The van der Waals surface area contributed by atoms with Crippen molar-refractivity contribution in [3.05, 3.63) is 35.4 Å². The van der Waals surface area contributed by atoms with E-state index in [4.69, 9.17) is 9.47 Å². The maximum absolute atomic E-state index is 6.06. The SMILES string of the molecule is CCCCCOC(C)OC1c2ccccc2CC1Br. The van der Waals surface area contributed by atoms with Crippen LogP contribution >= 0.6 is 15.9 Å². The van der Waals surface area contributed by atoms with E-state index in [0.717, 1.165) is 19.4 Å². The molecule has 0 aliphatic heterocycles. The molecule has 3 atom stereocenters. The molecule has 0 radical (unpaired) electrons. The van der Waals surface area contributed by atoms with E-state index in [0.29, 0.717) is 4.83 Å². The fraction of sp³-hybridized carbons (Fsp3) is 0.625. The number of ether oxygens (including phenoxy) is 2. The third-order valence-electron chi connectivity index (χ3n) is 3.54. The number of fused-ring (bicyclic) bond motifs is 1. The Morgan fingerprint density at radius 2 is 2.11 bits per heavy atom. The molecule has 3 heteroatoms. The second kappa shape index (κ2) is 7.41. The van der Waals surface area contributed by atoms with Gasteiger partial charge in [0, 0.05) is 11.4 Å². The van der Waals surface area contributed by atoms with Crippen LogP contribution in [0.2, 0.25) is 0 Å². The van der Waals surface area contributed by atoms with E-state index < -0.39 is 0 Å². The van der Waals surface area contributed by atoms with Crippen LogP contribution in [0.15, 0.2) is 24.3 Å². The largest absolute Gasteiger partial charge is 0.353 e. The van der Waals surface area contributed by atoms with Gasteiger partial charge < -0.3 is 9.47 Å². The van der Waals surface area contributed by atoms with Crippen LogP contribution < -0.4 is 0 Å². The van der Waals surface area contributed by atoms with Crippen molar-refractivity contribution < 1.29 is 9.47 Å². The first kappa shape index (κ1) is 15.0. The van der Waals surface area contributed by atoms with Crippen LogP contribution in [-0.4, -0.2) is 17.7 Å². The third-order valence-corrected chi connectivity index (χ3v) is 4.35. The van der Waals surface area contributed by atoms with E-state index in [9.17, 15) is 0 Å². The van der Waals surface area contributed by atoms with E-state index in [-0.39, 0.29) is 12.4 Å². The van der Waals surface area contributed by atoms with Crippen molar-refractivity contribution in [2.45, 2.75) is 56.8 Å². The maximum atomic E-state index is 6.06. The van der Waals surface area contributed by atoms with Crippen LogP contribution in [-0.2, 0) is 15.9 Å². The molecule has 1 aromatic rings. The lowest BCUT2D eigenvalue weighted by Crippen LogP contribution is -2.20. The highest BCUT2D eigenvalue weighted by Gasteiger charge is 2.32. The molecule has 1 aliphatic rings. The Morgan fingerprint density at radius 3 is 2.89 bits per heavy atom. The fourth-order valence-corrected chi connectivity index (χ4v) is 3.27. The summed E-state index contributed by atoms with van der Waals surface area (Å²) >= 11 is 3.73. The standard InChI is InChI=1S/C16H23BrO2/c1-3-4-7-10-18-12(2)19-16-14-9-6-5-8-13(14)11-15(16)17/h5-6,8-9,12,15-16H,3-4,7,10-11H2,1-2H3. The summed E-state index contributed by atoms with van der Waals surface area (Å²) in [5.74, 6) is 0. The zero-order valence-corrected chi connectivity index (χ0v) is 13.4. The van der Waals surface area contributed by atoms with Crippen LogP contribution in [0.5, 0.6) is 0 Å². The molecule has 0 aromatic heterocycles. The second-order valence-electron chi connectivity index (χ2n) is 5.12. The summed E-state index contributed by atoms with van der Waals surface area (Å²) in [6.45, 7) is 4.98. The zero-order chi connectivity index (χ0) is 13.7. The Bertz CT molecular complexity index is 394. The quantitative estimate of drug-likeness (QED) is 0.413. The Morgan fingerprint density at radius 1 is 1.32 bits per heavy atom. The predicted molar refractivity (Wildman–Crippen MR) is 81.6 cm³/mol. The van der Waals surface area contributed by atoms with E-state index in [2.05, 4.69) is 47.1 Å². The van der Waals surface area contributed by atoms with Crippen molar-refractivity contribution in [1.82, 2.24) is 0 Å². The van der Waals surface area contributed by atoms with Crippen molar-refractivity contribution >= 4 is 15.9 Å². The molecule has 106 valence electrons. The predicted octanol–water partition coefficient (Wildman–Crippen LogP) is 4.62. The smallest absolute Gasteiger partial charge is 0.155 e. The van der Waals surface area contributed by atoms with E-state index in [1.54, 1.807) is 0 Å². The second-order valence-corrected chi connectivity index (χ2v) is 6.30. The molecule has 0 saturated carbocycles. The molecule has 0 bridgehead atoms. The van der Waals surface area contributed by atoms with Crippen molar-refractivity contribution in [3.8, 4) is 0 Å². The number of benzene rings is 1. The lowest BCUT2D eigenvalue weighted by Gasteiger charge is -2.22. The summed E-state index contributed by atoms with van der Waals surface area (Å²) in [7, 11) is 0. The summed E-state index contributed by atoms with van der Waals surface area (Å²) < 4.78 is 11.8. The number of rotatable bonds is 7. The minimum atomic E-state index is -0.145. The monoisotopic (exact) mass is 326 g/mol. The minimum Gasteiger partial charge on any atom is -0.353 e. The van der Waals surface area contributed by atoms with Gasteiger partial charge in [0.1, 0.15) is 0 Å². The summed E-state index contributed by atoms with van der Waals surface area (Å²) in [4.78, 5) is 0.353. The molecule has 0 saturated heterocycles. The molecule has 0 heterocycles. The third kappa shape index (κ3) is 4.04. The number of halogens is 1. The van der Waals surface area contributed by atoms with Crippen LogP contribution in [0.1, 0.15) is 50.3 Å². The highest BCUT2D eigenvalue weighted by molar-refractivity contribution is 9.09. The van der Waals surface area contributed by atoms with E-state index in [1.165, 1.54) is 24.0 Å². The highest BCUT2D eigenvalue weighted by Crippen LogP contribution is 2.39. The molecular weight excluding hydrogens is 304 g/mol. The van der Waals surface area contributed by atoms with Gasteiger partial charge in [-0.15, -0.1) is 0 Å². The van der Waals surface area contributed by atoms with Gasteiger partial charge in [-0.05, 0) is 30.9 Å². The molecule has 2 rings (SSSR count). The highest BCUT2D eigenvalue weighted by atomic mass is 79.9. The molecule has 2 nitrogen and oxygen atoms in total. The van der Waals surface area contributed by atoms with E-state index >= 15 is 0 Å². The zero-order valence-electron chi connectivity index (χ0n) is 11.8. The number of alkyl halides is 1. The molecule has 0 fully saturated rings. The molecule has 0 spiro atoms. The molecule has 0 amide bonds. The first-order valence-electron chi connectivity index (χ1n) is 7.21. The minimum absolute atomic E-state index is 0.109. The lowest BCUT2D eigenvalue weighted by atomic mass is 10.1. The van der Waals surface area contributed by atoms with Crippen molar-refractivity contribution in [2.24, 2.45) is 0 Å². The van der Waals surface area contributed by atoms with Gasteiger partial charge in [0.2, 0.25) is 0 Å². The van der Waals surface area contributed by atoms with E-state index in [1.807, 2.05) is 6.92 Å². The number of hydrogen-bond donors (Lipinski definition) is 0. The van der Waals surface area contributed by atoms with Crippen LogP contribution in [0.25, 0.3) is 0 Å². The Balaban J connectivity index is 1.85. The fourth-order valence-electron chi connectivity index (χ4n) is 2.52. The Kier molecular flexibility index (Phi) is 5.86. The Hall–Kier alpha value is -0.380. The molecular formula is C16H23BrO2. The van der Waals surface area contributed by atoms with Gasteiger partial charge in [-0.3, -0.25) is 0 Å². The van der Waals surface area contributed by atoms with Crippen LogP contribution in [0.3, 0.4) is 0 Å². The summed E-state index contributed by atoms with van der Waals surface area (Å²) in [6.07, 6.45) is 4.55. The number of unbranched alkanes of at least 4 members (excludes halogenated alkanes) is 2. The van der Waals surface area contributed by atoms with Gasteiger partial charge in [-0.1, -0.05) is 60.0 Å².